The van der Waals surface area contributed by atoms with Gasteiger partial charge < -0.3 is 19.9 Å². The lowest BCUT2D eigenvalue weighted by Gasteiger charge is -2.32. The van der Waals surface area contributed by atoms with Crippen molar-refractivity contribution in [2.24, 2.45) is 7.05 Å². The summed E-state index contributed by atoms with van der Waals surface area (Å²) in [5.41, 5.74) is 1.45. The molecule has 2 aromatic rings. The van der Waals surface area contributed by atoms with Crippen molar-refractivity contribution >= 4 is 11.9 Å². The van der Waals surface area contributed by atoms with Crippen molar-refractivity contribution in [1.82, 2.24) is 15.1 Å². The number of carbonyl (C=O) groups is 2. The predicted octanol–water partition coefficient (Wildman–Crippen LogP) is 1.39. The molecule has 1 aromatic carbocycles. The number of nitrogens with one attached hydrogen (secondary N) is 1. The number of amides is 1. The van der Waals surface area contributed by atoms with Gasteiger partial charge in [0.1, 0.15) is 17.5 Å². The molecule has 8 heteroatoms. The molecule has 8 nitrogen and oxygen atoms in total. The van der Waals surface area contributed by atoms with Crippen molar-refractivity contribution in [3.05, 3.63) is 47.3 Å². The third kappa shape index (κ3) is 4.02. The van der Waals surface area contributed by atoms with Crippen LogP contribution < -0.4 is 10.1 Å². The number of ether oxygens (including phenoxy) is 2. The van der Waals surface area contributed by atoms with Crippen LogP contribution >= 0.6 is 0 Å². The smallest absolute Gasteiger partial charge is 0.335 e. The van der Waals surface area contributed by atoms with Gasteiger partial charge in [0.05, 0.1) is 23.9 Å². The molecule has 1 aromatic heterocycles. The summed E-state index contributed by atoms with van der Waals surface area (Å²) < 4.78 is 12.9. The predicted molar refractivity (Wildman–Crippen MR) is 92.5 cm³/mol. The number of carboxylic acid groups (broad SMARTS) is 1. The molecule has 1 amide bonds. The molecule has 3 rings (SSSR count). The molecule has 1 fully saturated rings. The molecular formula is C18H21N3O5. The third-order valence-corrected chi connectivity index (χ3v) is 4.24. The number of rotatable bonds is 5. The van der Waals surface area contributed by atoms with E-state index < -0.39 is 5.97 Å². The van der Waals surface area contributed by atoms with E-state index in [2.05, 4.69) is 10.4 Å². The van der Waals surface area contributed by atoms with E-state index >= 15 is 0 Å². The standard InChI is InChI=1S/C18H21N3O5/c1-11-9-15(21(2)20-11)17(22)19-14-7-8-25-10-16(14)26-13-5-3-12(4-6-13)18(23)24/h3-6,9,14,16H,7-8,10H2,1-2H3,(H,19,22)(H,23,24)/t14-,16-/m1/s1. The van der Waals surface area contributed by atoms with Gasteiger partial charge in [-0.15, -0.1) is 0 Å². The monoisotopic (exact) mass is 359 g/mol. The molecule has 0 unspecified atom stereocenters. The van der Waals surface area contributed by atoms with E-state index in [0.29, 0.717) is 31.1 Å². The molecule has 26 heavy (non-hydrogen) atoms. The SMILES string of the molecule is Cc1cc(C(=O)N[C@@H]2CCOC[C@H]2Oc2ccc(C(=O)O)cc2)n(C)n1. The Kier molecular flexibility index (Phi) is 5.22. The van der Waals surface area contributed by atoms with Crippen LogP contribution in [0.3, 0.4) is 0 Å². The minimum Gasteiger partial charge on any atom is -0.486 e. The van der Waals surface area contributed by atoms with Crippen molar-refractivity contribution in [1.29, 1.82) is 0 Å². The van der Waals surface area contributed by atoms with Crippen molar-refractivity contribution in [3.8, 4) is 5.75 Å². The molecule has 0 radical (unpaired) electrons. The van der Waals surface area contributed by atoms with Crippen LogP contribution in [0.2, 0.25) is 0 Å². The second-order valence-corrected chi connectivity index (χ2v) is 6.22. The molecule has 1 saturated heterocycles. The zero-order chi connectivity index (χ0) is 18.7. The first-order chi connectivity index (χ1) is 12.4. The van der Waals surface area contributed by atoms with Crippen LogP contribution in [0.15, 0.2) is 30.3 Å². The molecular weight excluding hydrogens is 338 g/mol. The molecule has 2 atom stereocenters. The number of carbonyl (C=O) groups excluding carboxylic acids is 1. The van der Waals surface area contributed by atoms with Crippen LogP contribution in [0.1, 0.15) is 33.0 Å². The van der Waals surface area contributed by atoms with E-state index in [0.717, 1.165) is 5.69 Å². The number of aryl methyl sites for hydroxylation is 2. The minimum atomic E-state index is -0.992. The van der Waals surface area contributed by atoms with Gasteiger partial charge in [0.2, 0.25) is 0 Å². The highest BCUT2D eigenvalue weighted by Gasteiger charge is 2.30. The first-order valence-corrected chi connectivity index (χ1v) is 8.33. The second-order valence-electron chi connectivity index (χ2n) is 6.22. The fourth-order valence-corrected chi connectivity index (χ4v) is 2.91. The Labute approximate surface area is 150 Å². The Balaban J connectivity index is 1.68. The van der Waals surface area contributed by atoms with Crippen molar-refractivity contribution < 1.29 is 24.2 Å². The Bertz CT molecular complexity index is 800. The molecule has 1 aliphatic heterocycles. The van der Waals surface area contributed by atoms with Crippen LogP contribution in [0.4, 0.5) is 0 Å². The van der Waals surface area contributed by atoms with Crippen LogP contribution in [0.5, 0.6) is 5.75 Å². The number of aromatic nitrogens is 2. The molecule has 2 heterocycles. The molecule has 0 bridgehead atoms. The average Bonchev–Trinajstić information content (AvgIpc) is 2.95. The van der Waals surface area contributed by atoms with E-state index in [1.165, 1.54) is 12.1 Å². The quantitative estimate of drug-likeness (QED) is 0.836. The van der Waals surface area contributed by atoms with E-state index in [9.17, 15) is 9.59 Å². The van der Waals surface area contributed by atoms with Crippen LogP contribution in [-0.2, 0) is 11.8 Å². The van der Waals surface area contributed by atoms with E-state index in [1.54, 1.807) is 29.9 Å². The van der Waals surface area contributed by atoms with Gasteiger partial charge in [-0.25, -0.2) is 4.79 Å². The average molecular weight is 359 g/mol. The summed E-state index contributed by atoms with van der Waals surface area (Å²) in [7, 11) is 1.73. The maximum Gasteiger partial charge on any atom is 0.335 e. The number of hydrogen-bond donors (Lipinski definition) is 2. The molecule has 0 aliphatic carbocycles. The van der Waals surface area contributed by atoms with Gasteiger partial charge in [-0.1, -0.05) is 0 Å². The van der Waals surface area contributed by atoms with Crippen molar-refractivity contribution in [3.63, 3.8) is 0 Å². The number of nitrogens with zero attached hydrogens (tertiary/aromatic N) is 2. The highest BCUT2D eigenvalue weighted by atomic mass is 16.5. The number of benzene rings is 1. The van der Waals surface area contributed by atoms with Gasteiger partial charge in [0, 0.05) is 13.7 Å². The molecule has 1 aliphatic rings. The van der Waals surface area contributed by atoms with E-state index in [4.69, 9.17) is 14.6 Å². The highest BCUT2D eigenvalue weighted by Crippen LogP contribution is 2.19. The maximum atomic E-state index is 12.5. The van der Waals surface area contributed by atoms with Crippen LogP contribution in [0, 0.1) is 6.92 Å². The number of hydrogen-bond acceptors (Lipinski definition) is 5. The molecule has 0 spiro atoms. The first kappa shape index (κ1) is 17.9. The lowest BCUT2D eigenvalue weighted by molar-refractivity contribution is -0.0136. The fraction of sp³-hybridized carbons (Fsp3) is 0.389. The van der Waals surface area contributed by atoms with Crippen molar-refractivity contribution in [2.45, 2.75) is 25.5 Å². The lowest BCUT2D eigenvalue weighted by atomic mass is 10.1. The van der Waals surface area contributed by atoms with Crippen LogP contribution in [-0.4, -0.2) is 52.1 Å². The zero-order valence-corrected chi connectivity index (χ0v) is 14.6. The zero-order valence-electron chi connectivity index (χ0n) is 14.6. The normalized spacial score (nSPS) is 19.8. The summed E-state index contributed by atoms with van der Waals surface area (Å²) in [6.07, 6.45) is 0.262. The van der Waals surface area contributed by atoms with Gasteiger partial charge >= 0.3 is 5.97 Å². The summed E-state index contributed by atoms with van der Waals surface area (Å²) in [5.74, 6) is -0.676. The Morgan fingerprint density at radius 3 is 2.69 bits per heavy atom. The summed E-state index contributed by atoms with van der Waals surface area (Å²) in [5, 5.41) is 16.1. The molecule has 0 saturated carbocycles. The largest absolute Gasteiger partial charge is 0.486 e. The van der Waals surface area contributed by atoms with Gasteiger partial charge in [-0.05, 0) is 43.7 Å². The fourth-order valence-electron chi connectivity index (χ4n) is 2.91. The summed E-state index contributed by atoms with van der Waals surface area (Å²) >= 11 is 0. The number of aromatic carboxylic acids is 1. The minimum absolute atomic E-state index is 0.189. The summed E-state index contributed by atoms with van der Waals surface area (Å²) in [4.78, 5) is 23.5. The van der Waals surface area contributed by atoms with Gasteiger partial charge in [-0.2, -0.15) is 5.10 Å². The topological polar surface area (TPSA) is 103 Å². The summed E-state index contributed by atoms with van der Waals surface area (Å²) in [6, 6.07) is 7.67. The van der Waals surface area contributed by atoms with Crippen LogP contribution in [0.25, 0.3) is 0 Å². The first-order valence-electron chi connectivity index (χ1n) is 8.33. The van der Waals surface area contributed by atoms with Gasteiger partial charge in [0.15, 0.2) is 0 Å². The van der Waals surface area contributed by atoms with E-state index in [1.807, 2.05) is 6.92 Å². The highest BCUT2D eigenvalue weighted by molar-refractivity contribution is 5.92. The van der Waals surface area contributed by atoms with E-state index in [-0.39, 0.29) is 23.6 Å². The Hall–Kier alpha value is -2.87. The lowest BCUT2D eigenvalue weighted by Crippen LogP contribution is -2.51. The van der Waals surface area contributed by atoms with Crippen molar-refractivity contribution in [2.75, 3.05) is 13.2 Å². The Morgan fingerprint density at radius 2 is 2.08 bits per heavy atom. The van der Waals surface area contributed by atoms with Gasteiger partial charge in [0.25, 0.3) is 5.91 Å². The summed E-state index contributed by atoms with van der Waals surface area (Å²) in [6.45, 7) is 2.71. The maximum absolute atomic E-state index is 12.5. The number of carboxylic acids is 1. The third-order valence-electron chi connectivity index (χ3n) is 4.24. The Morgan fingerprint density at radius 1 is 1.35 bits per heavy atom. The molecule has 138 valence electrons. The van der Waals surface area contributed by atoms with Gasteiger partial charge in [-0.3, -0.25) is 9.48 Å². The molecule has 2 N–H and O–H groups in total. The second kappa shape index (κ2) is 7.57.